The SMILES string of the molecule is CCOCC(C)NC(=O)C(C)=C(C)C(=O)O. The lowest BCUT2D eigenvalue weighted by Gasteiger charge is -2.14. The normalized spacial score (nSPS) is 14.0. The minimum atomic E-state index is -1.08. The van der Waals surface area contributed by atoms with E-state index in [1.54, 1.807) is 6.92 Å². The predicted octanol–water partition coefficient (Wildman–Crippen LogP) is 0.949. The summed E-state index contributed by atoms with van der Waals surface area (Å²) in [4.78, 5) is 22.2. The van der Waals surface area contributed by atoms with Crippen LogP contribution in [-0.2, 0) is 14.3 Å². The van der Waals surface area contributed by atoms with Crippen LogP contribution < -0.4 is 5.32 Å². The predicted molar refractivity (Wildman–Crippen MR) is 60.1 cm³/mol. The smallest absolute Gasteiger partial charge is 0.331 e. The Kier molecular flexibility index (Phi) is 6.41. The summed E-state index contributed by atoms with van der Waals surface area (Å²) in [6.07, 6.45) is 0. The number of carboxylic acid groups (broad SMARTS) is 1. The third kappa shape index (κ3) is 4.93. The zero-order valence-electron chi connectivity index (χ0n) is 10.2. The van der Waals surface area contributed by atoms with Crippen molar-refractivity contribution in [3.63, 3.8) is 0 Å². The molecule has 0 spiro atoms. The molecule has 0 rings (SSSR count). The zero-order valence-corrected chi connectivity index (χ0v) is 10.2. The number of nitrogens with one attached hydrogen (secondary N) is 1. The Hall–Kier alpha value is -1.36. The molecule has 1 amide bonds. The van der Waals surface area contributed by atoms with Crippen LogP contribution in [0.2, 0.25) is 0 Å². The van der Waals surface area contributed by atoms with Gasteiger partial charge in [0.25, 0.3) is 0 Å². The van der Waals surface area contributed by atoms with E-state index in [2.05, 4.69) is 5.32 Å². The lowest BCUT2D eigenvalue weighted by atomic mass is 10.1. The number of carbonyl (C=O) groups excluding carboxylic acids is 1. The number of aliphatic carboxylic acids is 1. The second-order valence-electron chi connectivity index (χ2n) is 3.59. The van der Waals surface area contributed by atoms with Crippen molar-refractivity contribution in [3.8, 4) is 0 Å². The molecular weight excluding hydrogens is 210 g/mol. The quantitative estimate of drug-likeness (QED) is 0.665. The molecule has 0 aromatic rings. The summed E-state index contributed by atoms with van der Waals surface area (Å²) in [6, 6.07) is -0.135. The van der Waals surface area contributed by atoms with E-state index in [4.69, 9.17) is 9.84 Å². The molecule has 1 atom stereocenters. The van der Waals surface area contributed by atoms with Gasteiger partial charge in [-0.3, -0.25) is 4.79 Å². The number of rotatable bonds is 6. The number of ether oxygens (including phenoxy) is 1. The van der Waals surface area contributed by atoms with E-state index in [1.165, 1.54) is 13.8 Å². The molecule has 0 aromatic heterocycles. The number of carbonyl (C=O) groups is 2. The minimum Gasteiger partial charge on any atom is -0.478 e. The molecule has 0 saturated carbocycles. The topological polar surface area (TPSA) is 75.6 Å². The number of carboxylic acids is 1. The average molecular weight is 229 g/mol. The molecule has 5 heteroatoms. The van der Waals surface area contributed by atoms with E-state index in [1.807, 2.05) is 6.92 Å². The van der Waals surface area contributed by atoms with Gasteiger partial charge in [-0.2, -0.15) is 0 Å². The molecule has 0 heterocycles. The Morgan fingerprint density at radius 1 is 1.31 bits per heavy atom. The summed E-state index contributed by atoms with van der Waals surface area (Å²) in [7, 11) is 0. The Bertz CT molecular complexity index is 296. The average Bonchev–Trinajstić information content (AvgIpc) is 2.23. The van der Waals surface area contributed by atoms with Gasteiger partial charge in [0, 0.05) is 23.8 Å². The number of hydrogen-bond donors (Lipinski definition) is 2. The maximum Gasteiger partial charge on any atom is 0.331 e. The van der Waals surface area contributed by atoms with Crippen LogP contribution in [0.25, 0.3) is 0 Å². The zero-order chi connectivity index (χ0) is 12.7. The minimum absolute atomic E-state index is 0.0566. The van der Waals surface area contributed by atoms with Gasteiger partial charge >= 0.3 is 5.97 Å². The summed E-state index contributed by atoms with van der Waals surface area (Å²) in [5, 5.41) is 11.4. The van der Waals surface area contributed by atoms with Crippen molar-refractivity contribution in [1.82, 2.24) is 5.32 Å². The highest BCUT2D eigenvalue weighted by molar-refractivity contribution is 6.01. The molecule has 0 aliphatic heterocycles. The number of amides is 1. The molecule has 16 heavy (non-hydrogen) atoms. The van der Waals surface area contributed by atoms with Crippen LogP contribution in [0.3, 0.4) is 0 Å². The van der Waals surface area contributed by atoms with Crippen molar-refractivity contribution >= 4 is 11.9 Å². The first kappa shape index (κ1) is 14.6. The van der Waals surface area contributed by atoms with Crippen LogP contribution in [0, 0.1) is 0 Å². The van der Waals surface area contributed by atoms with Gasteiger partial charge in [-0.15, -0.1) is 0 Å². The lowest BCUT2D eigenvalue weighted by Crippen LogP contribution is -2.36. The second kappa shape index (κ2) is 7.00. The monoisotopic (exact) mass is 229 g/mol. The van der Waals surface area contributed by atoms with E-state index < -0.39 is 5.97 Å². The van der Waals surface area contributed by atoms with Crippen LogP contribution in [0.5, 0.6) is 0 Å². The molecule has 0 aliphatic rings. The van der Waals surface area contributed by atoms with Gasteiger partial charge in [-0.25, -0.2) is 4.79 Å². The van der Waals surface area contributed by atoms with Gasteiger partial charge in [0.15, 0.2) is 0 Å². The van der Waals surface area contributed by atoms with E-state index in [-0.39, 0.29) is 23.1 Å². The highest BCUT2D eigenvalue weighted by atomic mass is 16.5. The van der Waals surface area contributed by atoms with Gasteiger partial charge in [0.1, 0.15) is 0 Å². The van der Waals surface area contributed by atoms with Crippen LogP contribution in [-0.4, -0.2) is 36.2 Å². The van der Waals surface area contributed by atoms with Gasteiger partial charge in [0.05, 0.1) is 6.61 Å². The molecular formula is C11H19NO4. The molecule has 0 aliphatic carbocycles. The molecule has 92 valence electrons. The van der Waals surface area contributed by atoms with Crippen molar-refractivity contribution in [2.24, 2.45) is 0 Å². The van der Waals surface area contributed by atoms with E-state index in [0.29, 0.717) is 13.2 Å². The Balaban J connectivity index is 4.36. The third-order valence-electron chi connectivity index (χ3n) is 2.17. The fourth-order valence-electron chi connectivity index (χ4n) is 0.999. The van der Waals surface area contributed by atoms with E-state index >= 15 is 0 Å². The molecule has 0 fully saturated rings. The highest BCUT2D eigenvalue weighted by Crippen LogP contribution is 2.03. The van der Waals surface area contributed by atoms with Crippen LogP contribution in [0.15, 0.2) is 11.1 Å². The summed E-state index contributed by atoms with van der Waals surface area (Å²) in [5.41, 5.74) is 0.275. The van der Waals surface area contributed by atoms with Crippen molar-refractivity contribution < 1.29 is 19.4 Å². The molecule has 0 radical (unpaired) electrons. The lowest BCUT2D eigenvalue weighted by molar-refractivity contribution is -0.133. The van der Waals surface area contributed by atoms with Gasteiger partial charge in [-0.05, 0) is 27.7 Å². The number of hydrogen-bond acceptors (Lipinski definition) is 3. The molecule has 2 N–H and O–H groups in total. The van der Waals surface area contributed by atoms with Gasteiger partial charge < -0.3 is 15.2 Å². The van der Waals surface area contributed by atoms with Gasteiger partial charge in [-0.1, -0.05) is 0 Å². The highest BCUT2D eigenvalue weighted by Gasteiger charge is 2.14. The summed E-state index contributed by atoms with van der Waals surface area (Å²) < 4.78 is 5.14. The molecule has 1 unspecified atom stereocenters. The summed E-state index contributed by atoms with van der Waals surface area (Å²) >= 11 is 0. The first-order valence-corrected chi connectivity index (χ1v) is 5.19. The van der Waals surface area contributed by atoms with Crippen molar-refractivity contribution in [1.29, 1.82) is 0 Å². The summed E-state index contributed by atoms with van der Waals surface area (Å²) in [5.74, 6) is -1.45. The van der Waals surface area contributed by atoms with Crippen LogP contribution in [0.4, 0.5) is 0 Å². The van der Waals surface area contributed by atoms with Crippen molar-refractivity contribution in [2.75, 3.05) is 13.2 Å². The Labute approximate surface area is 95.5 Å². The maximum absolute atomic E-state index is 11.6. The van der Waals surface area contributed by atoms with Crippen LogP contribution >= 0.6 is 0 Å². The molecule has 0 aromatic carbocycles. The van der Waals surface area contributed by atoms with Gasteiger partial charge in [0.2, 0.25) is 5.91 Å². The molecule has 0 saturated heterocycles. The molecule has 5 nitrogen and oxygen atoms in total. The fourth-order valence-corrected chi connectivity index (χ4v) is 0.999. The van der Waals surface area contributed by atoms with E-state index in [0.717, 1.165) is 0 Å². The van der Waals surface area contributed by atoms with E-state index in [9.17, 15) is 9.59 Å². The first-order chi connectivity index (χ1) is 7.40. The molecule has 0 bridgehead atoms. The standard InChI is InChI=1S/C11H19NO4/c1-5-16-6-7(2)12-10(13)8(3)9(4)11(14)15/h7H,5-6H2,1-4H3,(H,12,13)(H,14,15). The fraction of sp³-hybridized carbons (Fsp3) is 0.636. The van der Waals surface area contributed by atoms with Crippen molar-refractivity contribution in [3.05, 3.63) is 11.1 Å². The Morgan fingerprint density at radius 3 is 2.31 bits per heavy atom. The summed E-state index contributed by atoms with van der Waals surface area (Å²) in [6.45, 7) is 7.58. The Morgan fingerprint density at radius 2 is 1.88 bits per heavy atom. The second-order valence-corrected chi connectivity index (χ2v) is 3.59. The maximum atomic E-state index is 11.6. The third-order valence-corrected chi connectivity index (χ3v) is 2.17. The van der Waals surface area contributed by atoms with Crippen molar-refractivity contribution in [2.45, 2.75) is 33.7 Å². The van der Waals surface area contributed by atoms with Crippen LogP contribution in [0.1, 0.15) is 27.7 Å². The first-order valence-electron chi connectivity index (χ1n) is 5.19. The largest absolute Gasteiger partial charge is 0.478 e.